The Morgan fingerprint density at radius 2 is 2.07 bits per heavy atom. The monoisotopic (exact) mass is 415 g/mol. The van der Waals surface area contributed by atoms with Crippen molar-refractivity contribution < 1.29 is 19.1 Å². The Kier molecular flexibility index (Phi) is 7.74. The number of anilines is 1. The molecule has 0 spiro atoms. The van der Waals surface area contributed by atoms with Crippen molar-refractivity contribution in [2.24, 2.45) is 5.92 Å². The normalized spacial score (nSPS) is 16.9. The van der Waals surface area contributed by atoms with Crippen molar-refractivity contribution in [2.75, 3.05) is 31.6 Å². The molecule has 1 unspecified atom stereocenters. The number of carbonyl (C=O) groups excluding carboxylic acids is 3. The van der Waals surface area contributed by atoms with E-state index in [1.807, 2.05) is 13.8 Å². The van der Waals surface area contributed by atoms with Gasteiger partial charge in [0.1, 0.15) is 6.04 Å². The minimum absolute atomic E-state index is 0.0389. The second-order valence-corrected chi connectivity index (χ2v) is 7.47. The first-order valence-electron chi connectivity index (χ1n) is 8.69. The van der Waals surface area contributed by atoms with Gasteiger partial charge in [0, 0.05) is 18.8 Å². The van der Waals surface area contributed by atoms with Crippen LogP contribution in [0.25, 0.3) is 0 Å². The highest BCUT2D eigenvalue weighted by Crippen LogP contribution is 2.25. The number of hydrogen-bond acceptors (Lipinski definition) is 5. The zero-order valence-electron chi connectivity index (χ0n) is 15.3. The Bertz CT molecular complexity index is 712. The van der Waals surface area contributed by atoms with Gasteiger partial charge in [-0.3, -0.25) is 14.4 Å². The number of amides is 2. The van der Waals surface area contributed by atoms with Crippen LogP contribution in [-0.4, -0.2) is 55.0 Å². The number of piperazine rings is 1. The van der Waals surface area contributed by atoms with Crippen LogP contribution in [0, 0.1) is 5.92 Å². The predicted molar refractivity (Wildman–Crippen MR) is 104 cm³/mol. The summed E-state index contributed by atoms with van der Waals surface area (Å²) in [5.74, 6) is -0.952. The second kappa shape index (κ2) is 9.80. The molecule has 7 nitrogen and oxygen atoms in total. The quantitative estimate of drug-likeness (QED) is 0.667. The first kappa shape index (κ1) is 21.3. The summed E-state index contributed by atoms with van der Waals surface area (Å²) < 4.78 is 5.14. The van der Waals surface area contributed by atoms with E-state index >= 15 is 0 Å². The first-order chi connectivity index (χ1) is 12.8. The third-order valence-electron chi connectivity index (χ3n) is 3.95. The molecule has 148 valence electrons. The Hall–Kier alpha value is -1.99. The van der Waals surface area contributed by atoms with Crippen molar-refractivity contribution in [3.05, 3.63) is 28.2 Å². The van der Waals surface area contributed by atoms with Gasteiger partial charge < -0.3 is 20.3 Å². The molecule has 9 heteroatoms. The Morgan fingerprint density at radius 1 is 1.33 bits per heavy atom. The summed E-state index contributed by atoms with van der Waals surface area (Å²) in [5.41, 5.74) is 0.632. The fraction of sp³-hybridized carbons (Fsp3) is 0.500. The fourth-order valence-corrected chi connectivity index (χ4v) is 2.88. The molecule has 0 radical (unpaired) electrons. The van der Waals surface area contributed by atoms with E-state index in [0.29, 0.717) is 28.8 Å². The molecule has 1 aromatic carbocycles. The van der Waals surface area contributed by atoms with Crippen LogP contribution in [0.15, 0.2) is 18.2 Å². The fourth-order valence-electron chi connectivity index (χ4n) is 2.58. The van der Waals surface area contributed by atoms with Crippen molar-refractivity contribution >= 4 is 46.7 Å². The number of esters is 1. The Balaban J connectivity index is 1.97. The molecule has 1 fully saturated rings. The van der Waals surface area contributed by atoms with Crippen LogP contribution in [0.3, 0.4) is 0 Å². The van der Waals surface area contributed by atoms with Gasteiger partial charge in [0.2, 0.25) is 11.8 Å². The van der Waals surface area contributed by atoms with Gasteiger partial charge in [-0.25, -0.2) is 0 Å². The molecule has 2 rings (SSSR count). The zero-order valence-corrected chi connectivity index (χ0v) is 16.8. The van der Waals surface area contributed by atoms with Gasteiger partial charge >= 0.3 is 5.97 Å². The minimum Gasteiger partial charge on any atom is -0.465 e. The number of nitrogens with zero attached hydrogens (tertiary/aromatic N) is 1. The van der Waals surface area contributed by atoms with E-state index in [0.717, 1.165) is 0 Å². The summed E-state index contributed by atoms with van der Waals surface area (Å²) >= 11 is 11.8. The van der Waals surface area contributed by atoms with E-state index in [1.165, 1.54) is 4.90 Å². The average molecular weight is 416 g/mol. The maximum absolute atomic E-state index is 12.6. The maximum Gasteiger partial charge on any atom is 0.308 e. The number of carbonyl (C=O) groups is 3. The third-order valence-corrected chi connectivity index (χ3v) is 4.69. The lowest BCUT2D eigenvalue weighted by Crippen LogP contribution is -2.58. The van der Waals surface area contributed by atoms with Crippen LogP contribution in [-0.2, 0) is 19.1 Å². The molecule has 1 heterocycles. The molecule has 1 saturated heterocycles. The molecular formula is C18H23Cl2N3O4. The molecule has 1 aromatic rings. The van der Waals surface area contributed by atoms with E-state index in [9.17, 15) is 14.4 Å². The van der Waals surface area contributed by atoms with Crippen molar-refractivity contribution in [2.45, 2.75) is 26.3 Å². The van der Waals surface area contributed by atoms with Gasteiger partial charge in [-0.2, -0.15) is 0 Å². The molecule has 27 heavy (non-hydrogen) atoms. The lowest BCUT2D eigenvalue weighted by Gasteiger charge is -2.34. The van der Waals surface area contributed by atoms with Gasteiger partial charge in [-0.05, 0) is 24.1 Å². The van der Waals surface area contributed by atoms with Crippen molar-refractivity contribution in [3.8, 4) is 0 Å². The summed E-state index contributed by atoms with van der Waals surface area (Å²) in [6.45, 7) is 4.75. The topological polar surface area (TPSA) is 87.7 Å². The second-order valence-electron chi connectivity index (χ2n) is 6.66. The van der Waals surface area contributed by atoms with E-state index in [-0.39, 0.29) is 37.3 Å². The van der Waals surface area contributed by atoms with Crippen LogP contribution in [0.5, 0.6) is 0 Å². The highest BCUT2D eigenvalue weighted by atomic mass is 35.5. The van der Waals surface area contributed by atoms with Gasteiger partial charge in [0.05, 0.1) is 29.6 Å². The van der Waals surface area contributed by atoms with Gasteiger partial charge in [-0.15, -0.1) is 0 Å². The zero-order chi connectivity index (χ0) is 20.0. The molecular weight excluding hydrogens is 393 g/mol. The molecule has 1 aliphatic rings. The van der Waals surface area contributed by atoms with Crippen molar-refractivity contribution in [3.63, 3.8) is 0 Å². The maximum atomic E-state index is 12.6. The lowest BCUT2D eigenvalue weighted by atomic mass is 10.1. The lowest BCUT2D eigenvalue weighted by molar-refractivity contribution is -0.152. The van der Waals surface area contributed by atoms with Crippen LogP contribution < -0.4 is 10.6 Å². The molecule has 2 amide bonds. The van der Waals surface area contributed by atoms with Crippen LogP contribution in [0.2, 0.25) is 10.0 Å². The summed E-state index contributed by atoms with van der Waals surface area (Å²) in [6, 6.07) is 4.06. The third kappa shape index (κ3) is 6.29. The van der Waals surface area contributed by atoms with E-state index in [4.69, 9.17) is 27.9 Å². The Morgan fingerprint density at radius 3 is 2.74 bits per heavy atom. The molecule has 1 aliphatic heterocycles. The summed E-state index contributed by atoms with van der Waals surface area (Å²) in [4.78, 5) is 38.2. The summed E-state index contributed by atoms with van der Waals surface area (Å²) in [6.07, 6.45) is -0.170. The van der Waals surface area contributed by atoms with Gasteiger partial charge in [0.15, 0.2) is 0 Å². The minimum atomic E-state index is -0.874. The molecule has 0 aliphatic carbocycles. The van der Waals surface area contributed by atoms with Gasteiger partial charge in [-0.1, -0.05) is 37.0 Å². The standard InChI is InChI=1S/C18H23Cl2N3O4/c1-11(2)10-27-17(25)8-15-18(26)21-5-6-23(15)16(24)9-22-12-3-4-13(19)14(20)7-12/h3-4,7,11,15,22H,5-6,8-10H2,1-2H3,(H,21,26). The number of rotatable bonds is 7. The number of nitrogens with one attached hydrogen (secondary N) is 2. The summed E-state index contributed by atoms with van der Waals surface area (Å²) in [5, 5.41) is 6.43. The highest BCUT2D eigenvalue weighted by molar-refractivity contribution is 6.42. The number of ether oxygens (including phenoxy) is 1. The Labute approximate surface area is 168 Å². The van der Waals surface area contributed by atoms with E-state index < -0.39 is 12.0 Å². The highest BCUT2D eigenvalue weighted by Gasteiger charge is 2.35. The van der Waals surface area contributed by atoms with E-state index in [2.05, 4.69) is 10.6 Å². The number of benzene rings is 1. The first-order valence-corrected chi connectivity index (χ1v) is 9.45. The van der Waals surface area contributed by atoms with Crippen LogP contribution >= 0.6 is 23.2 Å². The molecule has 2 N–H and O–H groups in total. The smallest absolute Gasteiger partial charge is 0.308 e. The SMILES string of the molecule is CC(C)COC(=O)CC1C(=O)NCCN1C(=O)CNc1ccc(Cl)c(Cl)c1. The molecule has 0 saturated carbocycles. The molecule has 0 bridgehead atoms. The van der Waals surface area contributed by atoms with E-state index in [1.54, 1.807) is 18.2 Å². The van der Waals surface area contributed by atoms with Crippen molar-refractivity contribution in [1.29, 1.82) is 0 Å². The largest absolute Gasteiger partial charge is 0.465 e. The number of halogens is 2. The number of hydrogen-bond donors (Lipinski definition) is 2. The molecule has 0 aromatic heterocycles. The average Bonchev–Trinajstić information content (AvgIpc) is 2.62. The molecule has 1 atom stereocenters. The van der Waals surface area contributed by atoms with Gasteiger partial charge in [0.25, 0.3) is 0 Å². The summed E-state index contributed by atoms with van der Waals surface area (Å²) in [7, 11) is 0. The van der Waals surface area contributed by atoms with Crippen LogP contribution in [0.4, 0.5) is 5.69 Å². The predicted octanol–water partition coefficient (Wildman–Crippen LogP) is 2.32. The van der Waals surface area contributed by atoms with Crippen LogP contribution in [0.1, 0.15) is 20.3 Å². The van der Waals surface area contributed by atoms with Crippen molar-refractivity contribution in [1.82, 2.24) is 10.2 Å².